The van der Waals surface area contributed by atoms with Crippen LogP contribution in [0.2, 0.25) is 0 Å². The summed E-state index contributed by atoms with van der Waals surface area (Å²) >= 11 is 0. The van der Waals surface area contributed by atoms with E-state index in [-0.39, 0.29) is 0 Å². The second-order valence-corrected chi connectivity index (χ2v) is 3.66. The Morgan fingerprint density at radius 2 is 1.63 bits per heavy atom. The third-order valence-electron chi connectivity index (χ3n) is 2.54. The van der Waals surface area contributed by atoms with Crippen molar-refractivity contribution in [1.82, 2.24) is 5.48 Å². The lowest BCUT2D eigenvalue weighted by Gasteiger charge is -2.16. The average molecular weight is 271 g/mol. The minimum Gasteiger partial charge on any atom is -0.493 e. The zero-order valence-corrected chi connectivity index (χ0v) is 11.8. The van der Waals surface area contributed by atoms with Crippen molar-refractivity contribution in [2.75, 3.05) is 41.7 Å². The normalized spacial score (nSPS) is 10.3. The monoisotopic (exact) mass is 271 g/mol. The molecular formula is C13H21NO5. The molecule has 108 valence electrons. The predicted molar refractivity (Wildman–Crippen MR) is 70.8 cm³/mol. The minimum absolute atomic E-state index is 0.478. The van der Waals surface area contributed by atoms with E-state index in [0.29, 0.717) is 37.0 Å². The van der Waals surface area contributed by atoms with Crippen molar-refractivity contribution in [2.45, 2.75) is 6.54 Å². The van der Waals surface area contributed by atoms with Gasteiger partial charge >= 0.3 is 0 Å². The molecule has 1 aromatic rings. The maximum Gasteiger partial charge on any atom is 0.203 e. The van der Waals surface area contributed by atoms with Gasteiger partial charge in [0.1, 0.15) is 0 Å². The van der Waals surface area contributed by atoms with Gasteiger partial charge in [0.05, 0.1) is 34.5 Å². The zero-order chi connectivity index (χ0) is 14.1. The summed E-state index contributed by atoms with van der Waals surface area (Å²) in [4.78, 5) is 5.20. The van der Waals surface area contributed by atoms with Crippen LogP contribution in [0, 0.1) is 0 Å². The molecule has 6 nitrogen and oxygen atoms in total. The molecule has 0 aromatic heterocycles. The maximum atomic E-state index is 5.36. The molecule has 0 saturated heterocycles. The Bertz CT molecular complexity index is 384. The maximum absolute atomic E-state index is 5.36. The number of benzene rings is 1. The van der Waals surface area contributed by atoms with Crippen LogP contribution in [0.1, 0.15) is 5.56 Å². The average Bonchev–Trinajstić information content (AvgIpc) is 2.45. The molecule has 0 atom stereocenters. The largest absolute Gasteiger partial charge is 0.493 e. The van der Waals surface area contributed by atoms with E-state index in [4.69, 9.17) is 23.8 Å². The first-order chi connectivity index (χ1) is 9.28. The van der Waals surface area contributed by atoms with Crippen LogP contribution >= 0.6 is 0 Å². The van der Waals surface area contributed by atoms with E-state index >= 15 is 0 Å². The standard InChI is InChI=1S/C13H21NO5/c1-15-7-8-19-14-9-10-5-6-11(16-2)13(18-4)12(10)17-3/h5-6,14H,7-9H2,1-4H3. The molecule has 0 amide bonds. The van der Waals surface area contributed by atoms with Crippen molar-refractivity contribution in [1.29, 1.82) is 0 Å². The van der Waals surface area contributed by atoms with E-state index in [1.54, 1.807) is 28.4 Å². The summed E-state index contributed by atoms with van der Waals surface area (Å²) in [5.41, 5.74) is 3.76. The summed E-state index contributed by atoms with van der Waals surface area (Å²) in [7, 11) is 6.38. The molecule has 0 unspecified atom stereocenters. The molecule has 19 heavy (non-hydrogen) atoms. The fourth-order valence-corrected chi connectivity index (χ4v) is 1.63. The summed E-state index contributed by atoms with van der Waals surface area (Å²) in [6.45, 7) is 1.51. The Balaban J connectivity index is 2.72. The highest BCUT2D eigenvalue weighted by Crippen LogP contribution is 2.39. The fourth-order valence-electron chi connectivity index (χ4n) is 1.63. The van der Waals surface area contributed by atoms with Gasteiger partial charge in [-0.05, 0) is 12.1 Å². The van der Waals surface area contributed by atoms with Crippen molar-refractivity contribution < 1.29 is 23.8 Å². The Morgan fingerprint density at radius 1 is 0.895 bits per heavy atom. The van der Waals surface area contributed by atoms with Crippen LogP contribution in [0.15, 0.2) is 12.1 Å². The molecule has 0 spiro atoms. The molecule has 0 aliphatic carbocycles. The van der Waals surface area contributed by atoms with Gasteiger partial charge in [0, 0.05) is 19.2 Å². The number of nitrogens with one attached hydrogen (secondary N) is 1. The number of hydrogen-bond donors (Lipinski definition) is 1. The highest BCUT2D eigenvalue weighted by molar-refractivity contribution is 5.55. The first kappa shape index (κ1) is 15.6. The lowest BCUT2D eigenvalue weighted by molar-refractivity contribution is 0.00318. The predicted octanol–water partition coefficient (Wildman–Crippen LogP) is 1.38. The van der Waals surface area contributed by atoms with Crippen LogP contribution in [-0.2, 0) is 16.1 Å². The van der Waals surface area contributed by atoms with Gasteiger partial charge in [0.2, 0.25) is 5.75 Å². The summed E-state index contributed by atoms with van der Waals surface area (Å²) in [6.07, 6.45) is 0. The fraction of sp³-hybridized carbons (Fsp3) is 0.538. The zero-order valence-electron chi connectivity index (χ0n) is 11.8. The van der Waals surface area contributed by atoms with E-state index in [2.05, 4.69) is 5.48 Å². The quantitative estimate of drug-likeness (QED) is 0.541. The number of hydroxylamine groups is 1. The first-order valence-corrected chi connectivity index (χ1v) is 5.89. The summed E-state index contributed by atoms with van der Waals surface area (Å²) < 4.78 is 20.8. The minimum atomic E-state index is 0.478. The number of rotatable bonds is 9. The summed E-state index contributed by atoms with van der Waals surface area (Å²) in [5, 5.41) is 0. The molecule has 0 fully saturated rings. The van der Waals surface area contributed by atoms with Crippen molar-refractivity contribution in [3.63, 3.8) is 0 Å². The van der Waals surface area contributed by atoms with Gasteiger partial charge in [-0.3, -0.25) is 4.84 Å². The van der Waals surface area contributed by atoms with Gasteiger partial charge in [0.15, 0.2) is 11.5 Å². The lowest BCUT2D eigenvalue weighted by atomic mass is 10.1. The third-order valence-corrected chi connectivity index (χ3v) is 2.54. The molecular weight excluding hydrogens is 250 g/mol. The van der Waals surface area contributed by atoms with Crippen LogP contribution in [0.5, 0.6) is 17.2 Å². The highest BCUT2D eigenvalue weighted by atomic mass is 16.7. The van der Waals surface area contributed by atoms with E-state index < -0.39 is 0 Å². The summed E-state index contributed by atoms with van der Waals surface area (Å²) in [6, 6.07) is 3.72. The van der Waals surface area contributed by atoms with E-state index in [0.717, 1.165) is 5.56 Å². The molecule has 0 heterocycles. The Morgan fingerprint density at radius 3 is 2.21 bits per heavy atom. The Labute approximate surface area is 113 Å². The van der Waals surface area contributed by atoms with Gasteiger partial charge < -0.3 is 18.9 Å². The van der Waals surface area contributed by atoms with Crippen molar-refractivity contribution in [3.05, 3.63) is 17.7 Å². The third kappa shape index (κ3) is 4.27. The number of ether oxygens (including phenoxy) is 4. The van der Waals surface area contributed by atoms with Crippen LogP contribution in [0.3, 0.4) is 0 Å². The van der Waals surface area contributed by atoms with Gasteiger partial charge in [-0.1, -0.05) is 0 Å². The Kier molecular flexibility index (Phi) is 7.02. The van der Waals surface area contributed by atoms with E-state index in [1.807, 2.05) is 12.1 Å². The lowest BCUT2D eigenvalue weighted by Crippen LogP contribution is -2.17. The first-order valence-electron chi connectivity index (χ1n) is 5.89. The SMILES string of the molecule is COCCONCc1ccc(OC)c(OC)c1OC. The molecule has 1 aromatic carbocycles. The molecule has 0 bridgehead atoms. The van der Waals surface area contributed by atoms with Crippen molar-refractivity contribution >= 4 is 0 Å². The molecule has 1 rings (SSSR count). The van der Waals surface area contributed by atoms with Crippen molar-refractivity contribution in [2.24, 2.45) is 0 Å². The second kappa shape index (κ2) is 8.58. The van der Waals surface area contributed by atoms with Crippen LogP contribution < -0.4 is 19.7 Å². The molecule has 6 heteroatoms. The molecule has 0 saturated carbocycles. The van der Waals surface area contributed by atoms with Gasteiger partial charge in [0.25, 0.3) is 0 Å². The highest BCUT2D eigenvalue weighted by Gasteiger charge is 2.15. The van der Waals surface area contributed by atoms with Crippen LogP contribution in [0.4, 0.5) is 0 Å². The smallest absolute Gasteiger partial charge is 0.203 e. The number of methoxy groups -OCH3 is 4. The molecule has 0 radical (unpaired) electrons. The van der Waals surface area contributed by atoms with Gasteiger partial charge in [-0.25, -0.2) is 0 Å². The molecule has 0 aliphatic rings. The van der Waals surface area contributed by atoms with Crippen LogP contribution in [-0.4, -0.2) is 41.7 Å². The number of hydrogen-bond acceptors (Lipinski definition) is 6. The molecule has 1 N–H and O–H groups in total. The summed E-state index contributed by atoms with van der Waals surface area (Å²) in [5.74, 6) is 1.83. The van der Waals surface area contributed by atoms with E-state index in [1.165, 1.54) is 0 Å². The van der Waals surface area contributed by atoms with E-state index in [9.17, 15) is 0 Å². The van der Waals surface area contributed by atoms with Gasteiger partial charge in [-0.15, -0.1) is 0 Å². The second-order valence-electron chi connectivity index (χ2n) is 3.66. The topological polar surface area (TPSA) is 58.2 Å². The van der Waals surface area contributed by atoms with Crippen LogP contribution in [0.25, 0.3) is 0 Å². The van der Waals surface area contributed by atoms with Gasteiger partial charge in [-0.2, -0.15) is 5.48 Å². The van der Waals surface area contributed by atoms with Crippen molar-refractivity contribution in [3.8, 4) is 17.2 Å². The molecule has 0 aliphatic heterocycles. The Hall–Kier alpha value is -1.50.